The van der Waals surface area contributed by atoms with Gasteiger partial charge in [-0.25, -0.2) is 0 Å². The van der Waals surface area contributed by atoms with Crippen LogP contribution >= 0.6 is 0 Å². The second-order valence-corrected chi connectivity index (χ2v) is 7.84. The normalized spacial score (nSPS) is 13.6. The summed E-state index contributed by atoms with van der Waals surface area (Å²) in [5.74, 6) is 0. The smallest absolute Gasteiger partial charge is 0.0116 e. The summed E-state index contributed by atoms with van der Waals surface area (Å²) >= 11 is 0. The molecule has 0 radical (unpaired) electrons. The second-order valence-electron chi connectivity index (χ2n) is 7.84. The minimum Gasteiger partial charge on any atom is -0.313 e. The summed E-state index contributed by atoms with van der Waals surface area (Å²) in [4.78, 5) is 0. The highest BCUT2D eigenvalue weighted by atomic mass is 14.9. The first-order valence-corrected chi connectivity index (χ1v) is 9.75. The average Bonchev–Trinajstić information content (AvgIpc) is 2.42. The van der Waals surface area contributed by atoms with Crippen LogP contribution in [0.5, 0.6) is 0 Å². The van der Waals surface area contributed by atoms with E-state index in [2.05, 4.69) is 39.9 Å². The summed E-state index contributed by atoms with van der Waals surface area (Å²) in [6.45, 7) is 12.8. The summed E-state index contributed by atoms with van der Waals surface area (Å²) in [6, 6.07) is 0.687. The minimum absolute atomic E-state index is 0.397. The maximum Gasteiger partial charge on any atom is 0.0116 e. The van der Waals surface area contributed by atoms with Gasteiger partial charge in [0.15, 0.2) is 0 Å². The topological polar surface area (TPSA) is 12.0 Å². The Morgan fingerprint density at radius 1 is 0.667 bits per heavy atom. The molecule has 0 aliphatic heterocycles. The molecule has 0 bridgehead atoms. The molecule has 1 nitrogen and oxygen atoms in total. The van der Waals surface area contributed by atoms with Crippen molar-refractivity contribution < 1.29 is 0 Å². The Hall–Kier alpha value is -0.0400. The molecule has 0 fully saturated rings. The summed E-state index contributed by atoms with van der Waals surface area (Å²) in [6.07, 6.45) is 16.9. The molecule has 21 heavy (non-hydrogen) atoms. The first kappa shape index (κ1) is 21.0. The molecule has 0 aromatic carbocycles. The Balaban J connectivity index is 3.49. The van der Waals surface area contributed by atoms with Crippen LogP contribution in [0.15, 0.2) is 0 Å². The molecule has 0 aromatic heterocycles. The predicted octanol–water partition coefficient (Wildman–Crippen LogP) is 6.71. The lowest BCUT2D eigenvalue weighted by Gasteiger charge is -2.32. The molecular weight excluding hydrogens is 254 g/mol. The van der Waals surface area contributed by atoms with Crippen molar-refractivity contribution in [1.29, 1.82) is 0 Å². The molecule has 0 saturated carbocycles. The Morgan fingerprint density at radius 2 is 1.14 bits per heavy atom. The van der Waals surface area contributed by atoms with Crippen LogP contribution in [0.3, 0.4) is 0 Å². The van der Waals surface area contributed by atoms with Gasteiger partial charge in [0, 0.05) is 6.04 Å². The highest BCUT2D eigenvalue weighted by Crippen LogP contribution is 2.24. The summed E-state index contributed by atoms with van der Waals surface area (Å²) in [5.41, 5.74) is 0.397. The van der Waals surface area contributed by atoms with Crippen molar-refractivity contribution in [2.45, 2.75) is 118 Å². The molecule has 0 rings (SSSR count). The fraction of sp³-hybridized carbons (Fsp3) is 1.00. The van der Waals surface area contributed by atoms with Gasteiger partial charge in [-0.2, -0.15) is 0 Å². The zero-order valence-corrected chi connectivity index (χ0v) is 15.8. The van der Waals surface area contributed by atoms with E-state index in [0.717, 1.165) is 0 Å². The Bertz CT molecular complexity index is 204. The minimum atomic E-state index is 0.397. The standard InChI is InChI=1S/C20H43N/c1-6-8-9-10-11-12-13-14-15-16-17-19(20(3,4)5)21-18-7-2/h19,21H,6-18H2,1-5H3. The lowest BCUT2D eigenvalue weighted by atomic mass is 9.83. The van der Waals surface area contributed by atoms with E-state index in [-0.39, 0.29) is 0 Å². The molecular formula is C20H43N. The van der Waals surface area contributed by atoms with Crippen molar-refractivity contribution in [3.8, 4) is 0 Å². The number of hydrogen-bond acceptors (Lipinski definition) is 1. The van der Waals surface area contributed by atoms with E-state index in [9.17, 15) is 0 Å². The summed E-state index contributed by atoms with van der Waals surface area (Å²) in [5, 5.41) is 3.74. The first-order valence-electron chi connectivity index (χ1n) is 9.75. The lowest BCUT2D eigenvalue weighted by molar-refractivity contribution is 0.249. The van der Waals surface area contributed by atoms with Gasteiger partial charge < -0.3 is 5.32 Å². The fourth-order valence-electron chi connectivity index (χ4n) is 3.00. The molecule has 1 heteroatoms. The molecule has 0 saturated heterocycles. The zero-order chi connectivity index (χ0) is 16.0. The van der Waals surface area contributed by atoms with Gasteiger partial charge in [-0.1, -0.05) is 98.8 Å². The largest absolute Gasteiger partial charge is 0.313 e. The summed E-state index contributed by atoms with van der Waals surface area (Å²) < 4.78 is 0. The van der Waals surface area contributed by atoms with E-state index in [1.54, 1.807) is 0 Å². The van der Waals surface area contributed by atoms with Gasteiger partial charge in [-0.15, -0.1) is 0 Å². The Labute approximate surface area is 135 Å². The van der Waals surface area contributed by atoms with Crippen LogP contribution in [0, 0.1) is 5.41 Å². The van der Waals surface area contributed by atoms with Crippen LogP contribution in [-0.2, 0) is 0 Å². The van der Waals surface area contributed by atoms with Gasteiger partial charge in [-0.05, 0) is 24.8 Å². The van der Waals surface area contributed by atoms with E-state index in [4.69, 9.17) is 0 Å². The number of hydrogen-bond donors (Lipinski definition) is 1. The molecule has 128 valence electrons. The maximum absolute atomic E-state index is 3.74. The van der Waals surface area contributed by atoms with Crippen LogP contribution in [-0.4, -0.2) is 12.6 Å². The third-order valence-electron chi connectivity index (χ3n) is 4.53. The van der Waals surface area contributed by atoms with E-state index in [0.29, 0.717) is 11.5 Å². The van der Waals surface area contributed by atoms with Gasteiger partial charge in [0.1, 0.15) is 0 Å². The predicted molar refractivity (Wildman–Crippen MR) is 98.0 cm³/mol. The SMILES string of the molecule is CCCCCCCCCCCCC(NCCC)C(C)(C)C. The fourth-order valence-corrected chi connectivity index (χ4v) is 3.00. The van der Waals surface area contributed by atoms with Gasteiger partial charge in [0.2, 0.25) is 0 Å². The van der Waals surface area contributed by atoms with Gasteiger partial charge >= 0.3 is 0 Å². The third kappa shape index (κ3) is 13.4. The van der Waals surface area contributed by atoms with E-state index < -0.39 is 0 Å². The van der Waals surface area contributed by atoms with Gasteiger partial charge in [0.25, 0.3) is 0 Å². The lowest BCUT2D eigenvalue weighted by Crippen LogP contribution is -2.40. The maximum atomic E-state index is 3.74. The van der Waals surface area contributed by atoms with Crippen LogP contribution in [0.4, 0.5) is 0 Å². The molecule has 0 aliphatic rings. The molecule has 0 amide bonds. The highest BCUT2D eigenvalue weighted by molar-refractivity contribution is 4.80. The molecule has 0 aromatic rings. The molecule has 0 spiro atoms. The molecule has 1 unspecified atom stereocenters. The van der Waals surface area contributed by atoms with Crippen molar-refractivity contribution in [1.82, 2.24) is 5.32 Å². The van der Waals surface area contributed by atoms with E-state index in [1.807, 2.05) is 0 Å². The summed E-state index contributed by atoms with van der Waals surface area (Å²) in [7, 11) is 0. The Morgan fingerprint density at radius 3 is 1.57 bits per heavy atom. The van der Waals surface area contributed by atoms with Crippen LogP contribution in [0.2, 0.25) is 0 Å². The molecule has 1 atom stereocenters. The Kier molecular flexibility index (Phi) is 13.6. The average molecular weight is 298 g/mol. The van der Waals surface area contributed by atoms with Crippen LogP contribution in [0.1, 0.15) is 112 Å². The van der Waals surface area contributed by atoms with Crippen LogP contribution in [0.25, 0.3) is 0 Å². The molecule has 0 heterocycles. The van der Waals surface area contributed by atoms with Crippen molar-refractivity contribution in [2.75, 3.05) is 6.54 Å². The second kappa shape index (κ2) is 13.6. The molecule has 1 N–H and O–H groups in total. The third-order valence-corrected chi connectivity index (χ3v) is 4.53. The quantitative estimate of drug-likeness (QED) is 0.351. The number of unbranched alkanes of at least 4 members (excludes halogenated alkanes) is 9. The van der Waals surface area contributed by atoms with Gasteiger partial charge in [-0.3, -0.25) is 0 Å². The van der Waals surface area contributed by atoms with Crippen molar-refractivity contribution in [2.24, 2.45) is 5.41 Å². The van der Waals surface area contributed by atoms with E-state index >= 15 is 0 Å². The van der Waals surface area contributed by atoms with E-state index in [1.165, 1.54) is 83.6 Å². The van der Waals surface area contributed by atoms with Crippen molar-refractivity contribution >= 4 is 0 Å². The van der Waals surface area contributed by atoms with Crippen molar-refractivity contribution in [3.05, 3.63) is 0 Å². The first-order chi connectivity index (χ1) is 10.0. The van der Waals surface area contributed by atoms with Crippen LogP contribution < -0.4 is 5.32 Å². The van der Waals surface area contributed by atoms with Crippen molar-refractivity contribution in [3.63, 3.8) is 0 Å². The highest BCUT2D eigenvalue weighted by Gasteiger charge is 2.22. The number of nitrogens with one attached hydrogen (secondary N) is 1. The number of rotatable bonds is 14. The zero-order valence-electron chi connectivity index (χ0n) is 15.8. The van der Waals surface area contributed by atoms with Gasteiger partial charge in [0.05, 0.1) is 0 Å². The molecule has 0 aliphatic carbocycles. The monoisotopic (exact) mass is 297 g/mol.